The Morgan fingerprint density at radius 3 is 2.50 bits per heavy atom. The van der Waals surface area contributed by atoms with Gasteiger partial charge in [0, 0.05) is 24.1 Å². The summed E-state index contributed by atoms with van der Waals surface area (Å²) in [6.07, 6.45) is 0. The Balaban J connectivity index is 2.57. The molecule has 5 nitrogen and oxygen atoms in total. The van der Waals surface area contributed by atoms with E-state index >= 15 is 0 Å². The van der Waals surface area contributed by atoms with E-state index in [0.717, 1.165) is 4.90 Å². The molecule has 0 fully saturated rings. The highest BCUT2D eigenvalue weighted by atomic mass is 32.2. The molecule has 2 amide bonds. The summed E-state index contributed by atoms with van der Waals surface area (Å²) < 4.78 is 0. The van der Waals surface area contributed by atoms with Crippen LogP contribution in [-0.4, -0.2) is 41.9 Å². The molecule has 1 atom stereocenters. The minimum Gasteiger partial charge on any atom is -0.395 e. The average Bonchev–Trinajstić information content (AvgIpc) is 2.42. The number of aryl methyl sites for hydroxylation is 1. The lowest BCUT2D eigenvalue weighted by atomic mass is 10.2. The summed E-state index contributed by atoms with van der Waals surface area (Å²) in [6.45, 7) is 3.45. The van der Waals surface area contributed by atoms with Crippen LogP contribution in [0, 0.1) is 6.92 Å². The van der Waals surface area contributed by atoms with Gasteiger partial charge in [-0.1, -0.05) is 17.7 Å². The fourth-order valence-electron chi connectivity index (χ4n) is 1.54. The second-order valence-corrected chi connectivity index (χ2v) is 5.49. The fourth-order valence-corrected chi connectivity index (χ4v) is 2.47. The number of rotatable bonds is 7. The SMILES string of the molecule is CC(=O)NC(CSc1ccc(C)cc1)C(=O)NCCO. The van der Waals surface area contributed by atoms with Crippen molar-refractivity contribution in [3.05, 3.63) is 29.8 Å². The summed E-state index contributed by atoms with van der Waals surface area (Å²) in [5.41, 5.74) is 1.17. The van der Waals surface area contributed by atoms with Gasteiger partial charge in [0.25, 0.3) is 0 Å². The Kier molecular flexibility index (Phi) is 7.11. The molecular weight excluding hydrogens is 276 g/mol. The van der Waals surface area contributed by atoms with Crippen LogP contribution in [0.15, 0.2) is 29.2 Å². The molecule has 0 saturated carbocycles. The number of benzene rings is 1. The summed E-state index contributed by atoms with van der Waals surface area (Å²) in [5, 5.41) is 13.9. The zero-order chi connectivity index (χ0) is 15.0. The molecule has 0 aliphatic rings. The topological polar surface area (TPSA) is 78.4 Å². The zero-order valence-corrected chi connectivity index (χ0v) is 12.5. The van der Waals surface area contributed by atoms with Gasteiger partial charge in [0.15, 0.2) is 0 Å². The maximum absolute atomic E-state index is 11.9. The molecule has 1 aromatic rings. The van der Waals surface area contributed by atoms with Crippen molar-refractivity contribution < 1.29 is 14.7 Å². The van der Waals surface area contributed by atoms with Gasteiger partial charge in [0.1, 0.15) is 6.04 Å². The minimum atomic E-state index is -0.606. The van der Waals surface area contributed by atoms with Gasteiger partial charge in [0.2, 0.25) is 11.8 Å². The van der Waals surface area contributed by atoms with Crippen molar-refractivity contribution in [3.63, 3.8) is 0 Å². The summed E-state index contributed by atoms with van der Waals surface area (Å²) in [6, 6.07) is 7.36. The molecular formula is C14H20N2O3S. The summed E-state index contributed by atoms with van der Waals surface area (Å²) in [7, 11) is 0. The van der Waals surface area contributed by atoms with Gasteiger partial charge < -0.3 is 15.7 Å². The molecule has 0 saturated heterocycles. The van der Waals surface area contributed by atoms with Gasteiger partial charge >= 0.3 is 0 Å². The number of carbonyl (C=O) groups is 2. The van der Waals surface area contributed by atoms with Crippen LogP contribution >= 0.6 is 11.8 Å². The molecule has 0 bridgehead atoms. The molecule has 6 heteroatoms. The van der Waals surface area contributed by atoms with Crippen molar-refractivity contribution in [3.8, 4) is 0 Å². The van der Waals surface area contributed by atoms with E-state index in [1.165, 1.54) is 24.2 Å². The predicted octanol–water partition coefficient (Wildman–Crippen LogP) is 0.700. The van der Waals surface area contributed by atoms with Crippen molar-refractivity contribution in [2.45, 2.75) is 24.8 Å². The molecule has 1 aromatic carbocycles. The standard InChI is InChI=1S/C14H20N2O3S/c1-10-3-5-12(6-4-10)20-9-13(16-11(2)18)14(19)15-7-8-17/h3-6,13,17H,7-9H2,1-2H3,(H,15,19)(H,16,18). The molecule has 0 aromatic heterocycles. The number of aliphatic hydroxyl groups is 1. The van der Waals surface area contributed by atoms with Crippen molar-refractivity contribution in [2.75, 3.05) is 18.9 Å². The molecule has 20 heavy (non-hydrogen) atoms. The largest absolute Gasteiger partial charge is 0.395 e. The van der Waals surface area contributed by atoms with E-state index in [2.05, 4.69) is 10.6 Å². The highest BCUT2D eigenvalue weighted by molar-refractivity contribution is 7.99. The van der Waals surface area contributed by atoms with E-state index in [1.807, 2.05) is 31.2 Å². The van der Waals surface area contributed by atoms with Gasteiger partial charge in [-0.25, -0.2) is 0 Å². The van der Waals surface area contributed by atoms with E-state index < -0.39 is 6.04 Å². The fraction of sp³-hybridized carbons (Fsp3) is 0.429. The lowest BCUT2D eigenvalue weighted by Crippen LogP contribution is -2.48. The van der Waals surface area contributed by atoms with Crippen LogP contribution in [0.3, 0.4) is 0 Å². The summed E-state index contributed by atoms with van der Waals surface area (Å²) in [5.74, 6) is -0.0904. The third-order valence-electron chi connectivity index (χ3n) is 2.54. The van der Waals surface area contributed by atoms with Crippen molar-refractivity contribution >= 4 is 23.6 Å². The smallest absolute Gasteiger partial charge is 0.243 e. The minimum absolute atomic E-state index is 0.121. The van der Waals surface area contributed by atoms with Crippen molar-refractivity contribution in [2.24, 2.45) is 0 Å². The van der Waals surface area contributed by atoms with E-state index in [-0.39, 0.29) is 25.0 Å². The molecule has 0 aliphatic carbocycles. The lowest BCUT2D eigenvalue weighted by Gasteiger charge is -2.17. The van der Waals surface area contributed by atoms with Crippen molar-refractivity contribution in [1.82, 2.24) is 10.6 Å². The Morgan fingerprint density at radius 1 is 1.30 bits per heavy atom. The second kappa shape index (κ2) is 8.60. The highest BCUT2D eigenvalue weighted by Gasteiger charge is 2.19. The monoisotopic (exact) mass is 296 g/mol. The summed E-state index contributed by atoms with van der Waals surface area (Å²) in [4.78, 5) is 24.0. The maximum Gasteiger partial charge on any atom is 0.243 e. The molecule has 0 heterocycles. The molecule has 1 rings (SSSR count). The predicted molar refractivity (Wildman–Crippen MR) is 79.6 cm³/mol. The highest BCUT2D eigenvalue weighted by Crippen LogP contribution is 2.19. The van der Waals surface area contributed by atoms with Gasteiger partial charge in [-0.3, -0.25) is 9.59 Å². The van der Waals surface area contributed by atoms with Crippen LogP contribution in [0.1, 0.15) is 12.5 Å². The van der Waals surface area contributed by atoms with E-state index in [4.69, 9.17) is 5.11 Å². The first-order valence-electron chi connectivity index (χ1n) is 6.38. The first-order chi connectivity index (χ1) is 9.52. The quantitative estimate of drug-likeness (QED) is 0.647. The first-order valence-corrected chi connectivity index (χ1v) is 7.36. The summed E-state index contributed by atoms with van der Waals surface area (Å²) >= 11 is 1.50. The van der Waals surface area contributed by atoms with Crippen molar-refractivity contribution in [1.29, 1.82) is 0 Å². The Labute approximate surface area is 123 Å². The van der Waals surface area contributed by atoms with Crippen LogP contribution < -0.4 is 10.6 Å². The van der Waals surface area contributed by atoms with Crippen LogP contribution in [0.25, 0.3) is 0 Å². The van der Waals surface area contributed by atoms with E-state index in [1.54, 1.807) is 0 Å². The third kappa shape index (κ3) is 6.08. The van der Waals surface area contributed by atoms with Gasteiger partial charge in [-0.15, -0.1) is 11.8 Å². The van der Waals surface area contributed by atoms with Crippen LogP contribution in [-0.2, 0) is 9.59 Å². The van der Waals surface area contributed by atoms with Gasteiger partial charge in [0.05, 0.1) is 6.61 Å². The number of hydrogen-bond acceptors (Lipinski definition) is 4. The zero-order valence-electron chi connectivity index (χ0n) is 11.7. The Bertz CT molecular complexity index is 448. The molecule has 3 N–H and O–H groups in total. The second-order valence-electron chi connectivity index (χ2n) is 4.39. The van der Waals surface area contributed by atoms with E-state index in [9.17, 15) is 9.59 Å². The Hall–Kier alpha value is -1.53. The first kappa shape index (κ1) is 16.5. The maximum atomic E-state index is 11.9. The molecule has 1 unspecified atom stereocenters. The molecule has 0 spiro atoms. The lowest BCUT2D eigenvalue weighted by molar-refractivity contribution is -0.127. The third-order valence-corrected chi connectivity index (χ3v) is 3.65. The number of amides is 2. The van der Waals surface area contributed by atoms with Gasteiger partial charge in [-0.05, 0) is 19.1 Å². The molecule has 0 aliphatic heterocycles. The van der Waals surface area contributed by atoms with Crippen LogP contribution in [0.4, 0.5) is 0 Å². The number of carbonyl (C=O) groups excluding carboxylic acids is 2. The molecule has 110 valence electrons. The van der Waals surface area contributed by atoms with E-state index in [0.29, 0.717) is 5.75 Å². The normalized spacial score (nSPS) is 11.8. The molecule has 0 radical (unpaired) electrons. The van der Waals surface area contributed by atoms with Crippen LogP contribution in [0.2, 0.25) is 0 Å². The number of aliphatic hydroxyl groups excluding tert-OH is 1. The number of nitrogens with one attached hydrogen (secondary N) is 2. The van der Waals surface area contributed by atoms with Crippen LogP contribution in [0.5, 0.6) is 0 Å². The van der Waals surface area contributed by atoms with Gasteiger partial charge in [-0.2, -0.15) is 0 Å². The number of thioether (sulfide) groups is 1. The average molecular weight is 296 g/mol. The Morgan fingerprint density at radius 2 is 1.95 bits per heavy atom. The number of hydrogen-bond donors (Lipinski definition) is 3.